The molecule has 0 heterocycles. The molecule has 0 aliphatic carbocycles. The lowest BCUT2D eigenvalue weighted by molar-refractivity contribution is 0.111. The Morgan fingerprint density at radius 3 is 2.71 bits per heavy atom. The summed E-state index contributed by atoms with van der Waals surface area (Å²) in [6.07, 6.45) is 0. The second-order valence-electron chi connectivity index (χ2n) is 3.92. The van der Waals surface area contributed by atoms with Crippen LogP contribution in [0.5, 0.6) is 0 Å². The van der Waals surface area contributed by atoms with E-state index < -0.39 is 0 Å². The average Bonchev–Trinajstić information content (AvgIpc) is 2.10. The number of hydrogen-bond donors (Lipinski definition) is 1. The molecule has 0 spiro atoms. The highest BCUT2D eigenvalue weighted by Gasteiger charge is 2.00. The van der Waals surface area contributed by atoms with E-state index in [0.29, 0.717) is 13.2 Å². The van der Waals surface area contributed by atoms with E-state index in [4.69, 9.17) is 10.5 Å². The summed E-state index contributed by atoms with van der Waals surface area (Å²) in [6.45, 7) is 7.42. The summed E-state index contributed by atoms with van der Waals surface area (Å²) in [5.41, 5.74) is 9.41. The van der Waals surface area contributed by atoms with Gasteiger partial charge in [-0.05, 0) is 31.9 Å². The quantitative estimate of drug-likeness (QED) is 0.795. The standard InChI is InChI=1S/C12H19NO/c1-9-4-5-10(2)12(6-9)8-14-7-11(3)13/h4-6,11H,7-8,13H2,1-3H3/t11-/m1/s1. The second-order valence-corrected chi connectivity index (χ2v) is 3.92. The largest absolute Gasteiger partial charge is 0.375 e. The van der Waals surface area contributed by atoms with Gasteiger partial charge in [0.1, 0.15) is 0 Å². The Morgan fingerprint density at radius 1 is 1.36 bits per heavy atom. The summed E-state index contributed by atoms with van der Waals surface area (Å²) in [7, 11) is 0. The third-order valence-corrected chi connectivity index (χ3v) is 2.14. The number of ether oxygens (including phenoxy) is 1. The van der Waals surface area contributed by atoms with Crippen molar-refractivity contribution in [3.8, 4) is 0 Å². The molecule has 2 N–H and O–H groups in total. The summed E-state index contributed by atoms with van der Waals surface area (Å²) in [5, 5.41) is 0. The predicted molar refractivity (Wildman–Crippen MR) is 59.2 cm³/mol. The highest BCUT2D eigenvalue weighted by Crippen LogP contribution is 2.11. The van der Waals surface area contributed by atoms with Gasteiger partial charge < -0.3 is 10.5 Å². The van der Waals surface area contributed by atoms with E-state index >= 15 is 0 Å². The Kier molecular flexibility index (Phi) is 4.11. The first-order chi connectivity index (χ1) is 6.59. The molecule has 1 aromatic rings. The topological polar surface area (TPSA) is 35.2 Å². The van der Waals surface area contributed by atoms with Crippen molar-refractivity contribution in [1.82, 2.24) is 0 Å². The zero-order valence-electron chi connectivity index (χ0n) is 9.21. The van der Waals surface area contributed by atoms with Crippen LogP contribution in [0.25, 0.3) is 0 Å². The number of rotatable bonds is 4. The normalized spacial score (nSPS) is 12.9. The van der Waals surface area contributed by atoms with Crippen molar-refractivity contribution >= 4 is 0 Å². The first kappa shape index (κ1) is 11.2. The molecule has 0 aromatic heterocycles. The highest BCUT2D eigenvalue weighted by molar-refractivity contribution is 5.29. The Hall–Kier alpha value is -0.860. The van der Waals surface area contributed by atoms with Gasteiger partial charge in [0.05, 0.1) is 13.2 Å². The maximum absolute atomic E-state index is 5.60. The van der Waals surface area contributed by atoms with Crippen molar-refractivity contribution in [2.45, 2.75) is 33.4 Å². The molecular weight excluding hydrogens is 174 g/mol. The van der Waals surface area contributed by atoms with Gasteiger partial charge in [0.15, 0.2) is 0 Å². The van der Waals surface area contributed by atoms with Crippen molar-refractivity contribution in [1.29, 1.82) is 0 Å². The van der Waals surface area contributed by atoms with Crippen molar-refractivity contribution in [2.75, 3.05) is 6.61 Å². The minimum Gasteiger partial charge on any atom is -0.375 e. The molecular formula is C12H19NO. The molecule has 0 radical (unpaired) electrons. The molecule has 2 heteroatoms. The third kappa shape index (κ3) is 3.48. The van der Waals surface area contributed by atoms with Gasteiger partial charge in [0, 0.05) is 6.04 Å². The summed E-state index contributed by atoms with van der Waals surface area (Å²) in [4.78, 5) is 0. The average molecular weight is 193 g/mol. The van der Waals surface area contributed by atoms with Crippen molar-refractivity contribution in [3.63, 3.8) is 0 Å². The van der Waals surface area contributed by atoms with Crippen molar-refractivity contribution in [2.24, 2.45) is 5.73 Å². The van der Waals surface area contributed by atoms with Gasteiger partial charge in [-0.1, -0.05) is 23.8 Å². The SMILES string of the molecule is Cc1ccc(C)c(COC[C@@H](C)N)c1. The minimum absolute atomic E-state index is 0.111. The smallest absolute Gasteiger partial charge is 0.0720 e. The van der Waals surface area contributed by atoms with E-state index in [2.05, 4.69) is 32.0 Å². The number of hydrogen-bond acceptors (Lipinski definition) is 2. The van der Waals surface area contributed by atoms with E-state index in [-0.39, 0.29) is 6.04 Å². The molecule has 0 bridgehead atoms. The molecule has 0 unspecified atom stereocenters. The Morgan fingerprint density at radius 2 is 2.07 bits per heavy atom. The zero-order valence-corrected chi connectivity index (χ0v) is 9.21. The van der Waals surface area contributed by atoms with E-state index in [9.17, 15) is 0 Å². The fourth-order valence-corrected chi connectivity index (χ4v) is 1.31. The van der Waals surface area contributed by atoms with Crippen LogP contribution in [0.3, 0.4) is 0 Å². The van der Waals surface area contributed by atoms with E-state index in [1.807, 2.05) is 6.92 Å². The fraction of sp³-hybridized carbons (Fsp3) is 0.500. The highest BCUT2D eigenvalue weighted by atomic mass is 16.5. The lowest BCUT2D eigenvalue weighted by Crippen LogP contribution is -2.21. The van der Waals surface area contributed by atoms with Gasteiger partial charge in [0.2, 0.25) is 0 Å². The molecule has 0 fully saturated rings. The summed E-state index contributed by atoms with van der Waals surface area (Å²) in [6, 6.07) is 6.51. The lowest BCUT2D eigenvalue weighted by Gasteiger charge is -2.09. The molecule has 0 saturated carbocycles. The fourth-order valence-electron chi connectivity index (χ4n) is 1.31. The van der Waals surface area contributed by atoms with Crippen LogP contribution in [-0.2, 0) is 11.3 Å². The van der Waals surface area contributed by atoms with Gasteiger partial charge in [-0.2, -0.15) is 0 Å². The number of benzene rings is 1. The molecule has 1 rings (SSSR count). The molecule has 14 heavy (non-hydrogen) atoms. The zero-order chi connectivity index (χ0) is 10.6. The van der Waals surface area contributed by atoms with Crippen LogP contribution in [0.2, 0.25) is 0 Å². The molecule has 78 valence electrons. The maximum atomic E-state index is 5.60. The van der Waals surface area contributed by atoms with Gasteiger partial charge in [-0.3, -0.25) is 0 Å². The van der Waals surface area contributed by atoms with Crippen LogP contribution >= 0.6 is 0 Å². The van der Waals surface area contributed by atoms with Crippen LogP contribution in [-0.4, -0.2) is 12.6 Å². The number of nitrogens with two attached hydrogens (primary N) is 1. The predicted octanol–water partition coefficient (Wildman–Crippen LogP) is 2.17. The molecule has 2 nitrogen and oxygen atoms in total. The first-order valence-electron chi connectivity index (χ1n) is 4.99. The van der Waals surface area contributed by atoms with E-state index in [1.165, 1.54) is 16.7 Å². The van der Waals surface area contributed by atoms with Gasteiger partial charge >= 0.3 is 0 Å². The molecule has 0 aliphatic heterocycles. The number of aryl methyl sites for hydroxylation is 2. The molecule has 0 saturated heterocycles. The Labute approximate surface area is 86.1 Å². The second kappa shape index (κ2) is 5.13. The Balaban J connectivity index is 2.53. The molecule has 0 aliphatic rings. The third-order valence-electron chi connectivity index (χ3n) is 2.14. The van der Waals surface area contributed by atoms with Crippen molar-refractivity contribution < 1.29 is 4.74 Å². The van der Waals surface area contributed by atoms with Crippen LogP contribution < -0.4 is 5.73 Å². The van der Waals surface area contributed by atoms with Gasteiger partial charge in [-0.25, -0.2) is 0 Å². The van der Waals surface area contributed by atoms with Crippen LogP contribution in [0.4, 0.5) is 0 Å². The summed E-state index contributed by atoms with van der Waals surface area (Å²) >= 11 is 0. The molecule has 1 aromatic carbocycles. The van der Waals surface area contributed by atoms with Crippen LogP contribution in [0, 0.1) is 13.8 Å². The van der Waals surface area contributed by atoms with Crippen LogP contribution in [0.15, 0.2) is 18.2 Å². The van der Waals surface area contributed by atoms with E-state index in [1.54, 1.807) is 0 Å². The summed E-state index contributed by atoms with van der Waals surface area (Å²) in [5.74, 6) is 0. The summed E-state index contributed by atoms with van der Waals surface area (Å²) < 4.78 is 5.49. The Bertz CT molecular complexity index is 294. The molecule has 0 amide bonds. The monoisotopic (exact) mass is 193 g/mol. The lowest BCUT2D eigenvalue weighted by atomic mass is 10.1. The first-order valence-corrected chi connectivity index (χ1v) is 4.99. The minimum atomic E-state index is 0.111. The van der Waals surface area contributed by atoms with Crippen LogP contribution in [0.1, 0.15) is 23.6 Å². The molecule has 1 atom stereocenters. The van der Waals surface area contributed by atoms with Crippen molar-refractivity contribution in [3.05, 3.63) is 34.9 Å². The van der Waals surface area contributed by atoms with E-state index in [0.717, 1.165) is 0 Å². The van der Waals surface area contributed by atoms with Gasteiger partial charge in [0.25, 0.3) is 0 Å². The van der Waals surface area contributed by atoms with Gasteiger partial charge in [-0.15, -0.1) is 0 Å². The maximum Gasteiger partial charge on any atom is 0.0720 e.